The minimum absolute atomic E-state index is 0.156. The molecule has 7 nitrogen and oxygen atoms in total. The third kappa shape index (κ3) is 6.57. The number of amides is 1. The number of hydrogen-bond acceptors (Lipinski definition) is 5. The molecule has 3 N–H and O–H groups in total. The normalized spacial score (nSPS) is 21.1. The highest BCUT2D eigenvalue weighted by atomic mass is 32.2. The van der Waals surface area contributed by atoms with Crippen molar-refractivity contribution in [2.75, 3.05) is 39.0 Å². The van der Waals surface area contributed by atoms with Gasteiger partial charge in [-0.3, -0.25) is 4.79 Å². The van der Waals surface area contributed by atoms with Gasteiger partial charge in [0.2, 0.25) is 15.9 Å². The van der Waals surface area contributed by atoms with E-state index in [1.165, 1.54) is 0 Å². The van der Waals surface area contributed by atoms with Crippen molar-refractivity contribution >= 4 is 15.9 Å². The summed E-state index contributed by atoms with van der Waals surface area (Å²) >= 11 is 0. The summed E-state index contributed by atoms with van der Waals surface area (Å²) in [5.74, 6) is -0.156. The monoisotopic (exact) mass is 265 g/mol. The predicted molar refractivity (Wildman–Crippen MR) is 63.1 cm³/mol. The molecule has 1 aliphatic rings. The number of rotatable bonds is 6. The third-order valence-electron chi connectivity index (χ3n) is 2.24. The second-order valence-electron chi connectivity index (χ2n) is 3.87. The Labute approximate surface area is 101 Å². The minimum atomic E-state index is -3.14. The lowest BCUT2D eigenvalue weighted by atomic mass is 10.3. The number of carbonyl (C=O) groups is 1. The molecule has 8 heteroatoms. The maximum absolute atomic E-state index is 11.5. The van der Waals surface area contributed by atoms with Gasteiger partial charge in [-0.2, -0.15) is 0 Å². The van der Waals surface area contributed by atoms with Gasteiger partial charge in [-0.05, 0) is 6.42 Å². The van der Waals surface area contributed by atoms with Crippen LogP contribution in [0.25, 0.3) is 0 Å². The molecule has 1 atom stereocenters. The fourth-order valence-corrected chi connectivity index (χ4v) is 1.92. The van der Waals surface area contributed by atoms with Crippen LogP contribution in [0.2, 0.25) is 0 Å². The van der Waals surface area contributed by atoms with E-state index < -0.39 is 16.1 Å². The van der Waals surface area contributed by atoms with Gasteiger partial charge in [-0.1, -0.05) is 0 Å². The van der Waals surface area contributed by atoms with Crippen molar-refractivity contribution < 1.29 is 17.9 Å². The van der Waals surface area contributed by atoms with Gasteiger partial charge in [0.15, 0.2) is 0 Å². The van der Waals surface area contributed by atoms with E-state index in [2.05, 4.69) is 15.4 Å². The van der Waals surface area contributed by atoms with Gasteiger partial charge in [0.1, 0.15) is 6.10 Å². The molecule has 1 unspecified atom stereocenters. The molecule has 17 heavy (non-hydrogen) atoms. The zero-order valence-electron chi connectivity index (χ0n) is 9.86. The average molecular weight is 265 g/mol. The molecule has 1 amide bonds. The molecule has 0 spiro atoms. The molecule has 1 heterocycles. The van der Waals surface area contributed by atoms with Crippen molar-refractivity contribution in [3.63, 3.8) is 0 Å². The highest BCUT2D eigenvalue weighted by Crippen LogP contribution is 1.95. The largest absolute Gasteiger partial charge is 0.366 e. The number of ether oxygens (including phenoxy) is 1. The van der Waals surface area contributed by atoms with E-state index in [-0.39, 0.29) is 5.91 Å². The third-order valence-corrected chi connectivity index (χ3v) is 2.97. The van der Waals surface area contributed by atoms with E-state index in [4.69, 9.17) is 4.74 Å². The zero-order valence-corrected chi connectivity index (χ0v) is 10.7. The molecule has 0 aliphatic carbocycles. The van der Waals surface area contributed by atoms with Crippen LogP contribution in [-0.2, 0) is 19.6 Å². The van der Waals surface area contributed by atoms with E-state index in [1.54, 1.807) is 0 Å². The van der Waals surface area contributed by atoms with Gasteiger partial charge in [0.25, 0.3) is 0 Å². The van der Waals surface area contributed by atoms with Gasteiger partial charge in [-0.15, -0.1) is 0 Å². The molecule has 0 saturated carbocycles. The molecular weight excluding hydrogens is 246 g/mol. The van der Waals surface area contributed by atoms with E-state index in [0.29, 0.717) is 32.7 Å². The highest BCUT2D eigenvalue weighted by molar-refractivity contribution is 7.88. The standard InChI is InChI=1S/C9H19N3O4S/c1-17(14,15)12-4-2-3-11-9(13)8-7-10-5-6-16-8/h8,10,12H,2-7H2,1H3,(H,11,13). The Bertz CT molecular complexity index is 338. The van der Waals surface area contributed by atoms with Crippen molar-refractivity contribution in [3.8, 4) is 0 Å². The van der Waals surface area contributed by atoms with Crippen molar-refractivity contribution in [1.29, 1.82) is 0 Å². The van der Waals surface area contributed by atoms with E-state index in [1.807, 2.05) is 0 Å². The van der Waals surface area contributed by atoms with Crippen molar-refractivity contribution in [1.82, 2.24) is 15.4 Å². The highest BCUT2D eigenvalue weighted by Gasteiger charge is 2.20. The lowest BCUT2D eigenvalue weighted by molar-refractivity contribution is -0.134. The lowest BCUT2D eigenvalue weighted by Gasteiger charge is -2.22. The molecule has 0 radical (unpaired) electrons. The van der Waals surface area contributed by atoms with E-state index in [9.17, 15) is 13.2 Å². The lowest BCUT2D eigenvalue weighted by Crippen LogP contribution is -2.48. The summed E-state index contributed by atoms with van der Waals surface area (Å²) in [5, 5.41) is 5.76. The van der Waals surface area contributed by atoms with Gasteiger partial charge >= 0.3 is 0 Å². The molecule has 0 aromatic carbocycles. The topological polar surface area (TPSA) is 96.5 Å². The Morgan fingerprint density at radius 2 is 2.24 bits per heavy atom. The molecule has 1 fully saturated rings. The Balaban J connectivity index is 2.07. The summed E-state index contributed by atoms with van der Waals surface area (Å²) in [6.45, 7) is 2.58. The van der Waals surface area contributed by atoms with E-state index in [0.717, 1.165) is 12.8 Å². The van der Waals surface area contributed by atoms with Crippen LogP contribution in [0.4, 0.5) is 0 Å². The molecule has 0 aromatic rings. The molecule has 0 aromatic heterocycles. The predicted octanol–water partition coefficient (Wildman–Crippen LogP) is -1.97. The van der Waals surface area contributed by atoms with Gasteiger partial charge in [0, 0.05) is 26.2 Å². The Morgan fingerprint density at radius 1 is 1.47 bits per heavy atom. The SMILES string of the molecule is CS(=O)(=O)NCCCNC(=O)C1CNCCO1. The van der Waals surface area contributed by atoms with Gasteiger partial charge < -0.3 is 15.4 Å². The Kier molecular flexibility index (Phi) is 5.83. The van der Waals surface area contributed by atoms with Crippen molar-refractivity contribution in [3.05, 3.63) is 0 Å². The van der Waals surface area contributed by atoms with E-state index >= 15 is 0 Å². The fraction of sp³-hybridized carbons (Fsp3) is 0.889. The number of nitrogens with one attached hydrogen (secondary N) is 3. The van der Waals surface area contributed by atoms with Gasteiger partial charge in [-0.25, -0.2) is 13.1 Å². The first-order valence-electron chi connectivity index (χ1n) is 5.54. The summed E-state index contributed by atoms with van der Waals surface area (Å²) in [6, 6.07) is 0. The summed E-state index contributed by atoms with van der Waals surface area (Å²) in [7, 11) is -3.14. The van der Waals surface area contributed by atoms with Crippen LogP contribution >= 0.6 is 0 Å². The summed E-state index contributed by atoms with van der Waals surface area (Å²) in [5.41, 5.74) is 0. The van der Waals surface area contributed by atoms with Gasteiger partial charge in [0.05, 0.1) is 12.9 Å². The quantitative estimate of drug-likeness (QED) is 0.484. The fourth-order valence-electron chi connectivity index (χ4n) is 1.41. The number of hydrogen-bond donors (Lipinski definition) is 3. The van der Waals surface area contributed by atoms with Crippen LogP contribution in [0.15, 0.2) is 0 Å². The molecule has 0 bridgehead atoms. The number of morpholine rings is 1. The molecule has 1 aliphatic heterocycles. The molecule has 100 valence electrons. The van der Waals surface area contributed by atoms with Crippen LogP contribution in [-0.4, -0.2) is 59.5 Å². The number of carbonyl (C=O) groups excluding carboxylic acids is 1. The maximum atomic E-state index is 11.5. The first-order chi connectivity index (χ1) is 7.99. The summed E-state index contributed by atoms with van der Waals surface area (Å²) < 4.78 is 29.1. The second-order valence-corrected chi connectivity index (χ2v) is 5.71. The number of sulfonamides is 1. The average Bonchev–Trinajstić information content (AvgIpc) is 2.28. The molecule has 1 saturated heterocycles. The second kappa shape index (κ2) is 6.90. The Hall–Kier alpha value is -0.700. The summed E-state index contributed by atoms with van der Waals surface area (Å²) in [4.78, 5) is 11.5. The van der Waals surface area contributed by atoms with Crippen LogP contribution in [0.1, 0.15) is 6.42 Å². The first-order valence-corrected chi connectivity index (χ1v) is 7.43. The van der Waals surface area contributed by atoms with Crippen LogP contribution in [0.5, 0.6) is 0 Å². The first kappa shape index (κ1) is 14.4. The Morgan fingerprint density at radius 3 is 2.82 bits per heavy atom. The smallest absolute Gasteiger partial charge is 0.250 e. The van der Waals surface area contributed by atoms with Crippen LogP contribution < -0.4 is 15.4 Å². The molecular formula is C9H19N3O4S. The maximum Gasteiger partial charge on any atom is 0.250 e. The van der Waals surface area contributed by atoms with Crippen molar-refractivity contribution in [2.45, 2.75) is 12.5 Å². The molecule has 1 rings (SSSR count). The minimum Gasteiger partial charge on any atom is -0.366 e. The summed E-state index contributed by atoms with van der Waals surface area (Å²) in [6.07, 6.45) is 1.22. The van der Waals surface area contributed by atoms with Crippen molar-refractivity contribution in [2.24, 2.45) is 0 Å². The van der Waals surface area contributed by atoms with Crippen LogP contribution in [0.3, 0.4) is 0 Å². The van der Waals surface area contributed by atoms with Crippen LogP contribution in [0, 0.1) is 0 Å². The zero-order chi connectivity index (χ0) is 12.7.